The third kappa shape index (κ3) is 4.15. The normalized spacial score (nSPS) is 10.6. The lowest BCUT2D eigenvalue weighted by atomic mass is 10.1. The van der Waals surface area contributed by atoms with Gasteiger partial charge in [0.15, 0.2) is 17.3 Å². The maximum absolute atomic E-state index is 13.5. The lowest BCUT2D eigenvalue weighted by Gasteiger charge is -2.12. The van der Waals surface area contributed by atoms with Crippen molar-refractivity contribution in [3.8, 4) is 5.75 Å². The van der Waals surface area contributed by atoms with Crippen molar-refractivity contribution >= 4 is 5.78 Å². The first-order chi connectivity index (χ1) is 8.02. The maximum atomic E-state index is 13.5. The summed E-state index contributed by atoms with van der Waals surface area (Å²) in [5, 5.41) is 0. The van der Waals surface area contributed by atoms with Gasteiger partial charge in [-0.05, 0) is 32.9 Å². The van der Waals surface area contributed by atoms with Crippen molar-refractivity contribution in [2.75, 3.05) is 13.2 Å². The third-order valence-electron chi connectivity index (χ3n) is 2.13. The van der Waals surface area contributed by atoms with Gasteiger partial charge in [0.2, 0.25) is 0 Å². The second-order valence-corrected chi connectivity index (χ2v) is 3.94. The molecule has 0 radical (unpaired) electrons. The average molecular weight is 240 g/mol. The standard InChI is InChI=1S/C13H17FO3/c1-9(2)16-7-8-17-13-11(10(3)15)5-4-6-12(13)14/h4-6,9H,7-8H2,1-3H3. The average Bonchev–Trinajstić information content (AvgIpc) is 2.25. The van der Waals surface area contributed by atoms with Crippen LogP contribution in [0.4, 0.5) is 4.39 Å². The van der Waals surface area contributed by atoms with Crippen molar-refractivity contribution in [2.24, 2.45) is 0 Å². The highest BCUT2D eigenvalue weighted by Crippen LogP contribution is 2.22. The fourth-order valence-corrected chi connectivity index (χ4v) is 1.36. The van der Waals surface area contributed by atoms with E-state index in [9.17, 15) is 9.18 Å². The Balaban J connectivity index is 2.66. The number of para-hydroxylation sites is 1. The van der Waals surface area contributed by atoms with Gasteiger partial charge in [-0.1, -0.05) is 6.07 Å². The van der Waals surface area contributed by atoms with Crippen LogP contribution in [-0.4, -0.2) is 25.1 Å². The molecule has 0 unspecified atom stereocenters. The molecule has 1 aromatic carbocycles. The van der Waals surface area contributed by atoms with Crippen molar-refractivity contribution < 1.29 is 18.7 Å². The number of benzene rings is 1. The van der Waals surface area contributed by atoms with E-state index in [1.54, 1.807) is 6.07 Å². The van der Waals surface area contributed by atoms with E-state index in [4.69, 9.17) is 9.47 Å². The molecule has 0 spiro atoms. The van der Waals surface area contributed by atoms with Crippen LogP contribution in [0.3, 0.4) is 0 Å². The van der Waals surface area contributed by atoms with Crippen molar-refractivity contribution in [3.63, 3.8) is 0 Å². The van der Waals surface area contributed by atoms with Crippen molar-refractivity contribution in [2.45, 2.75) is 26.9 Å². The van der Waals surface area contributed by atoms with Crippen LogP contribution >= 0.6 is 0 Å². The Kier molecular flexibility index (Phi) is 5.10. The summed E-state index contributed by atoms with van der Waals surface area (Å²) < 4.78 is 24.0. The molecule has 0 amide bonds. The van der Waals surface area contributed by atoms with Crippen LogP contribution in [-0.2, 0) is 4.74 Å². The first-order valence-corrected chi connectivity index (χ1v) is 5.56. The fraction of sp³-hybridized carbons (Fsp3) is 0.462. The van der Waals surface area contributed by atoms with E-state index in [0.29, 0.717) is 6.61 Å². The third-order valence-corrected chi connectivity index (χ3v) is 2.13. The fourth-order valence-electron chi connectivity index (χ4n) is 1.36. The van der Waals surface area contributed by atoms with Crippen LogP contribution in [0.1, 0.15) is 31.1 Å². The minimum Gasteiger partial charge on any atom is -0.487 e. The molecule has 0 N–H and O–H groups in total. The highest BCUT2D eigenvalue weighted by molar-refractivity contribution is 5.96. The van der Waals surface area contributed by atoms with Gasteiger partial charge in [0.1, 0.15) is 6.61 Å². The van der Waals surface area contributed by atoms with Crippen molar-refractivity contribution in [1.29, 1.82) is 0 Å². The number of hydrogen-bond donors (Lipinski definition) is 0. The minimum atomic E-state index is -0.526. The molecule has 0 heterocycles. The van der Waals surface area contributed by atoms with E-state index in [2.05, 4.69) is 0 Å². The minimum absolute atomic E-state index is 0.00681. The monoisotopic (exact) mass is 240 g/mol. The zero-order valence-corrected chi connectivity index (χ0v) is 10.3. The Morgan fingerprint density at radius 1 is 1.35 bits per heavy atom. The Morgan fingerprint density at radius 2 is 2.06 bits per heavy atom. The molecule has 0 aliphatic rings. The molecule has 0 aromatic heterocycles. The molecular weight excluding hydrogens is 223 g/mol. The Morgan fingerprint density at radius 3 is 2.65 bits per heavy atom. The molecule has 0 aliphatic carbocycles. The predicted octanol–water partition coefficient (Wildman–Crippen LogP) is 2.83. The Hall–Kier alpha value is -1.42. The molecule has 0 fully saturated rings. The summed E-state index contributed by atoms with van der Waals surface area (Å²) in [7, 11) is 0. The van der Waals surface area contributed by atoms with E-state index in [-0.39, 0.29) is 29.8 Å². The topological polar surface area (TPSA) is 35.5 Å². The predicted molar refractivity (Wildman–Crippen MR) is 63.0 cm³/mol. The highest BCUT2D eigenvalue weighted by Gasteiger charge is 2.13. The number of halogens is 1. The van der Waals surface area contributed by atoms with Gasteiger partial charge in [-0.2, -0.15) is 0 Å². The summed E-state index contributed by atoms with van der Waals surface area (Å²) in [6.07, 6.45) is 0.103. The summed E-state index contributed by atoms with van der Waals surface area (Å²) >= 11 is 0. The van der Waals surface area contributed by atoms with E-state index in [0.717, 1.165) is 0 Å². The van der Waals surface area contributed by atoms with Crippen molar-refractivity contribution in [3.05, 3.63) is 29.6 Å². The molecule has 94 valence electrons. The lowest BCUT2D eigenvalue weighted by Crippen LogP contribution is -2.13. The molecule has 17 heavy (non-hydrogen) atoms. The molecule has 0 aliphatic heterocycles. The van der Waals surface area contributed by atoms with Gasteiger partial charge >= 0.3 is 0 Å². The SMILES string of the molecule is CC(=O)c1cccc(F)c1OCCOC(C)C. The van der Waals surface area contributed by atoms with Gasteiger partial charge in [-0.15, -0.1) is 0 Å². The van der Waals surface area contributed by atoms with E-state index in [1.807, 2.05) is 13.8 Å². The molecule has 0 saturated heterocycles. The summed E-state index contributed by atoms with van der Waals surface area (Å²) in [4.78, 5) is 11.3. The zero-order chi connectivity index (χ0) is 12.8. The molecule has 1 rings (SSSR count). The number of Topliss-reactive ketones (excluding diaryl/α,β-unsaturated/α-hetero) is 1. The second kappa shape index (κ2) is 6.35. The Bertz CT molecular complexity index is 388. The van der Waals surface area contributed by atoms with Crippen LogP contribution in [0.25, 0.3) is 0 Å². The Labute approximate surface area is 101 Å². The van der Waals surface area contributed by atoms with E-state index < -0.39 is 5.82 Å². The first kappa shape index (κ1) is 13.6. The van der Waals surface area contributed by atoms with Gasteiger partial charge in [0.05, 0.1) is 18.3 Å². The van der Waals surface area contributed by atoms with Gasteiger partial charge in [-0.25, -0.2) is 4.39 Å². The second-order valence-electron chi connectivity index (χ2n) is 3.94. The number of rotatable bonds is 6. The lowest BCUT2D eigenvalue weighted by molar-refractivity contribution is 0.0540. The zero-order valence-electron chi connectivity index (χ0n) is 10.3. The smallest absolute Gasteiger partial charge is 0.165 e. The molecule has 1 aromatic rings. The van der Waals surface area contributed by atoms with Crippen LogP contribution in [0.5, 0.6) is 5.75 Å². The van der Waals surface area contributed by atoms with E-state index >= 15 is 0 Å². The largest absolute Gasteiger partial charge is 0.487 e. The number of ketones is 1. The molecule has 0 bridgehead atoms. The number of ether oxygens (including phenoxy) is 2. The van der Waals surface area contributed by atoms with Crippen molar-refractivity contribution in [1.82, 2.24) is 0 Å². The van der Waals surface area contributed by atoms with Gasteiger partial charge < -0.3 is 9.47 Å². The van der Waals surface area contributed by atoms with Crippen LogP contribution < -0.4 is 4.74 Å². The quantitative estimate of drug-likeness (QED) is 0.566. The summed E-state index contributed by atoms with van der Waals surface area (Å²) in [6, 6.07) is 4.30. The molecule has 4 heteroatoms. The molecule has 3 nitrogen and oxygen atoms in total. The van der Waals surface area contributed by atoms with Crippen LogP contribution in [0.2, 0.25) is 0 Å². The first-order valence-electron chi connectivity index (χ1n) is 5.56. The van der Waals surface area contributed by atoms with Gasteiger partial charge in [0.25, 0.3) is 0 Å². The number of hydrogen-bond acceptors (Lipinski definition) is 3. The molecule has 0 saturated carbocycles. The molecule has 0 atom stereocenters. The van der Waals surface area contributed by atoms with Crippen LogP contribution in [0.15, 0.2) is 18.2 Å². The summed E-state index contributed by atoms with van der Waals surface area (Å²) in [6.45, 7) is 5.78. The molecular formula is C13H17FO3. The number of carbonyl (C=O) groups excluding carboxylic acids is 1. The van der Waals surface area contributed by atoms with Gasteiger partial charge in [-0.3, -0.25) is 4.79 Å². The van der Waals surface area contributed by atoms with E-state index in [1.165, 1.54) is 19.1 Å². The highest BCUT2D eigenvalue weighted by atomic mass is 19.1. The van der Waals surface area contributed by atoms with Crippen LogP contribution in [0, 0.1) is 5.82 Å². The van der Waals surface area contributed by atoms with Gasteiger partial charge in [0, 0.05) is 0 Å². The summed E-state index contributed by atoms with van der Waals surface area (Å²) in [5.74, 6) is -0.737. The summed E-state index contributed by atoms with van der Waals surface area (Å²) in [5.41, 5.74) is 0.259. The maximum Gasteiger partial charge on any atom is 0.165 e. The number of carbonyl (C=O) groups is 1.